The van der Waals surface area contributed by atoms with Gasteiger partial charge in [-0.25, -0.2) is 0 Å². The second kappa shape index (κ2) is 14.4. The molecule has 0 bridgehead atoms. The highest BCUT2D eigenvalue weighted by Gasteiger charge is 2.23. The number of ether oxygens (including phenoxy) is 2. The minimum Gasteiger partial charge on any atom is -0.493 e. The standard InChI is InChI=1S/C30H46O2/c1-3-5-7-9-11-17-23-31-29-25-19-13-15-21-27(25)30(28-22-16-14-20-26(28)29)32-24-18-12-10-8-6-4-2/h13,15,19,21H,3-12,14,16-18,20,22-24H2,1-2H3. The highest BCUT2D eigenvalue weighted by molar-refractivity contribution is 5.96. The molecule has 0 amide bonds. The molecule has 2 heteroatoms. The number of unbranched alkanes of at least 4 members (excludes halogenated alkanes) is 10. The SMILES string of the molecule is CCCCCCCCOc1c2c(c(OCCCCCCCC)c3ccccc13)CCCC2. The van der Waals surface area contributed by atoms with Crippen LogP contribution in [0.4, 0.5) is 0 Å². The zero-order valence-corrected chi connectivity index (χ0v) is 20.9. The predicted octanol–water partition coefficient (Wildman–Crippen LogP) is 9.20. The van der Waals surface area contributed by atoms with Gasteiger partial charge in [-0.1, -0.05) is 102 Å². The molecule has 0 N–H and O–H groups in total. The van der Waals surface area contributed by atoms with E-state index in [2.05, 4.69) is 38.1 Å². The zero-order chi connectivity index (χ0) is 22.4. The highest BCUT2D eigenvalue weighted by Crippen LogP contribution is 2.44. The largest absolute Gasteiger partial charge is 0.493 e. The van der Waals surface area contributed by atoms with E-state index in [0.717, 1.165) is 50.4 Å². The summed E-state index contributed by atoms with van der Waals surface area (Å²) in [6.07, 6.45) is 20.4. The summed E-state index contributed by atoms with van der Waals surface area (Å²) < 4.78 is 13.0. The molecule has 0 saturated carbocycles. The molecule has 2 aromatic carbocycles. The van der Waals surface area contributed by atoms with Gasteiger partial charge in [0, 0.05) is 21.9 Å². The van der Waals surface area contributed by atoms with Crippen molar-refractivity contribution in [1.82, 2.24) is 0 Å². The Labute approximate surface area is 197 Å². The molecular formula is C30H46O2. The van der Waals surface area contributed by atoms with Crippen LogP contribution in [0.25, 0.3) is 10.8 Å². The lowest BCUT2D eigenvalue weighted by Crippen LogP contribution is -2.11. The van der Waals surface area contributed by atoms with E-state index in [0.29, 0.717) is 0 Å². The van der Waals surface area contributed by atoms with Crippen molar-refractivity contribution in [1.29, 1.82) is 0 Å². The third-order valence-corrected chi connectivity index (χ3v) is 6.92. The van der Waals surface area contributed by atoms with Crippen LogP contribution >= 0.6 is 0 Å². The fourth-order valence-corrected chi connectivity index (χ4v) is 5.05. The highest BCUT2D eigenvalue weighted by atomic mass is 16.5. The second-order valence-corrected chi connectivity index (χ2v) is 9.60. The Morgan fingerprint density at radius 1 is 0.562 bits per heavy atom. The van der Waals surface area contributed by atoms with Gasteiger partial charge < -0.3 is 9.47 Å². The number of fused-ring (bicyclic) bond motifs is 2. The molecule has 0 unspecified atom stereocenters. The first kappa shape index (κ1) is 24.9. The van der Waals surface area contributed by atoms with Gasteiger partial charge in [-0.2, -0.15) is 0 Å². The van der Waals surface area contributed by atoms with Gasteiger partial charge in [-0.3, -0.25) is 0 Å². The number of rotatable bonds is 16. The van der Waals surface area contributed by atoms with E-state index in [-0.39, 0.29) is 0 Å². The Balaban J connectivity index is 1.68. The van der Waals surface area contributed by atoms with Crippen molar-refractivity contribution in [2.45, 2.75) is 117 Å². The Kier molecular flexibility index (Phi) is 11.3. The smallest absolute Gasteiger partial charge is 0.130 e. The molecule has 32 heavy (non-hydrogen) atoms. The first-order valence-electron chi connectivity index (χ1n) is 13.7. The topological polar surface area (TPSA) is 18.5 Å². The lowest BCUT2D eigenvalue weighted by molar-refractivity contribution is 0.294. The Morgan fingerprint density at radius 3 is 1.41 bits per heavy atom. The van der Waals surface area contributed by atoms with Crippen molar-refractivity contribution in [3.63, 3.8) is 0 Å². The molecule has 0 atom stereocenters. The first-order chi connectivity index (χ1) is 15.9. The van der Waals surface area contributed by atoms with Gasteiger partial charge in [-0.15, -0.1) is 0 Å². The van der Waals surface area contributed by atoms with Gasteiger partial charge in [0.15, 0.2) is 0 Å². The molecule has 0 radical (unpaired) electrons. The van der Waals surface area contributed by atoms with Gasteiger partial charge in [0.2, 0.25) is 0 Å². The van der Waals surface area contributed by atoms with E-state index in [1.165, 1.54) is 98.9 Å². The van der Waals surface area contributed by atoms with Crippen LogP contribution in [-0.4, -0.2) is 13.2 Å². The maximum Gasteiger partial charge on any atom is 0.130 e. The fraction of sp³-hybridized carbons (Fsp3) is 0.667. The maximum absolute atomic E-state index is 6.50. The average molecular weight is 439 g/mol. The van der Waals surface area contributed by atoms with Crippen LogP contribution in [0, 0.1) is 0 Å². The summed E-state index contributed by atoms with van der Waals surface area (Å²) in [5.41, 5.74) is 2.86. The van der Waals surface area contributed by atoms with Crippen LogP contribution in [0.15, 0.2) is 24.3 Å². The molecule has 2 aromatic rings. The van der Waals surface area contributed by atoms with Crippen LogP contribution in [0.2, 0.25) is 0 Å². The molecule has 2 nitrogen and oxygen atoms in total. The molecule has 0 saturated heterocycles. The summed E-state index contributed by atoms with van der Waals surface area (Å²) in [6.45, 7) is 6.22. The molecule has 0 spiro atoms. The normalized spacial score (nSPS) is 13.3. The monoisotopic (exact) mass is 438 g/mol. The summed E-state index contributed by atoms with van der Waals surface area (Å²) in [5.74, 6) is 2.30. The fourth-order valence-electron chi connectivity index (χ4n) is 5.05. The average Bonchev–Trinajstić information content (AvgIpc) is 2.83. The van der Waals surface area contributed by atoms with Gasteiger partial charge >= 0.3 is 0 Å². The van der Waals surface area contributed by atoms with Crippen molar-refractivity contribution in [2.75, 3.05) is 13.2 Å². The molecule has 1 aliphatic rings. The molecule has 0 aliphatic heterocycles. The zero-order valence-electron chi connectivity index (χ0n) is 20.9. The van der Waals surface area contributed by atoms with Gasteiger partial charge in [0.25, 0.3) is 0 Å². The van der Waals surface area contributed by atoms with Crippen molar-refractivity contribution in [2.24, 2.45) is 0 Å². The summed E-state index contributed by atoms with van der Waals surface area (Å²) in [6, 6.07) is 8.76. The third kappa shape index (κ3) is 7.15. The molecule has 178 valence electrons. The van der Waals surface area contributed by atoms with Crippen molar-refractivity contribution < 1.29 is 9.47 Å². The Bertz CT molecular complexity index is 729. The molecule has 0 aromatic heterocycles. The Hall–Kier alpha value is -1.70. The van der Waals surface area contributed by atoms with E-state index in [4.69, 9.17) is 9.47 Å². The van der Waals surface area contributed by atoms with E-state index >= 15 is 0 Å². The summed E-state index contributed by atoms with van der Waals surface area (Å²) in [4.78, 5) is 0. The second-order valence-electron chi connectivity index (χ2n) is 9.60. The maximum atomic E-state index is 6.50. The minimum atomic E-state index is 0.834. The molecular weight excluding hydrogens is 392 g/mol. The van der Waals surface area contributed by atoms with E-state index in [1.807, 2.05) is 0 Å². The van der Waals surface area contributed by atoms with Crippen LogP contribution < -0.4 is 9.47 Å². The molecule has 0 fully saturated rings. The quantitative estimate of drug-likeness (QED) is 0.243. The number of hydrogen-bond acceptors (Lipinski definition) is 2. The van der Waals surface area contributed by atoms with Crippen LogP contribution in [0.3, 0.4) is 0 Å². The Morgan fingerprint density at radius 2 is 0.969 bits per heavy atom. The van der Waals surface area contributed by atoms with Gasteiger partial charge in [0.1, 0.15) is 11.5 Å². The van der Waals surface area contributed by atoms with E-state index in [9.17, 15) is 0 Å². The van der Waals surface area contributed by atoms with Crippen LogP contribution in [-0.2, 0) is 12.8 Å². The lowest BCUT2D eigenvalue weighted by Gasteiger charge is -2.25. The summed E-state index contributed by atoms with van der Waals surface area (Å²) in [7, 11) is 0. The van der Waals surface area contributed by atoms with E-state index in [1.54, 1.807) is 0 Å². The van der Waals surface area contributed by atoms with Crippen LogP contribution in [0.1, 0.15) is 115 Å². The van der Waals surface area contributed by atoms with E-state index < -0.39 is 0 Å². The number of hydrogen-bond donors (Lipinski definition) is 0. The lowest BCUT2D eigenvalue weighted by atomic mass is 9.87. The predicted molar refractivity (Wildman–Crippen MR) is 138 cm³/mol. The van der Waals surface area contributed by atoms with Gasteiger partial charge in [-0.05, 0) is 38.5 Å². The number of benzene rings is 2. The van der Waals surface area contributed by atoms with Crippen LogP contribution in [0.5, 0.6) is 11.5 Å². The minimum absolute atomic E-state index is 0.834. The van der Waals surface area contributed by atoms with Crippen molar-refractivity contribution in [3.05, 3.63) is 35.4 Å². The summed E-state index contributed by atoms with van der Waals surface area (Å²) in [5, 5.41) is 2.49. The molecule has 1 aliphatic carbocycles. The van der Waals surface area contributed by atoms with Crippen molar-refractivity contribution in [3.8, 4) is 11.5 Å². The molecule has 3 rings (SSSR count). The van der Waals surface area contributed by atoms with Gasteiger partial charge in [0.05, 0.1) is 13.2 Å². The third-order valence-electron chi connectivity index (χ3n) is 6.92. The van der Waals surface area contributed by atoms with Crippen molar-refractivity contribution >= 4 is 10.8 Å². The molecule has 0 heterocycles. The summed E-state index contributed by atoms with van der Waals surface area (Å²) >= 11 is 0. The first-order valence-corrected chi connectivity index (χ1v) is 13.7.